The molecule has 190 valence electrons. The lowest BCUT2D eigenvalue weighted by molar-refractivity contribution is 0.117. The Bertz CT molecular complexity index is 1310. The first-order valence-corrected chi connectivity index (χ1v) is 12.6. The van der Waals surface area contributed by atoms with Crippen LogP contribution in [-0.2, 0) is 4.74 Å². The minimum atomic E-state index is 0.146. The van der Waals surface area contributed by atoms with E-state index in [9.17, 15) is 0 Å². The van der Waals surface area contributed by atoms with E-state index >= 15 is 0 Å². The van der Waals surface area contributed by atoms with E-state index in [1.165, 1.54) is 11.3 Å². The molecule has 0 aliphatic carbocycles. The molecule has 10 heteroatoms. The number of fused-ring (bicyclic) bond motifs is 1. The summed E-state index contributed by atoms with van der Waals surface area (Å²) >= 11 is 1.53. The van der Waals surface area contributed by atoms with Crippen LogP contribution >= 0.6 is 11.3 Å². The van der Waals surface area contributed by atoms with Gasteiger partial charge in [-0.2, -0.15) is 5.10 Å². The van der Waals surface area contributed by atoms with Crippen LogP contribution in [-0.4, -0.2) is 64.7 Å². The lowest BCUT2D eigenvalue weighted by atomic mass is 10.1. The van der Waals surface area contributed by atoms with E-state index in [1.54, 1.807) is 33.6 Å². The van der Waals surface area contributed by atoms with E-state index in [2.05, 4.69) is 0 Å². The zero-order valence-corrected chi connectivity index (χ0v) is 21.4. The van der Waals surface area contributed by atoms with Crippen LogP contribution in [0, 0.1) is 0 Å². The van der Waals surface area contributed by atoms with Crippen molar-refractivity contribution < 1.29 is 28.4 Å². The molecule has 1 atom stereocenters. The Labute approximate surface area is 213 Å². The Hall–Kier alpha value is -3.50. The summed E-state index contributed by atoms with van der Waals surface area (Å²) in [5.74, 6) is 3.25. The van der Waals surface area contributed by atoms with E-state index in [1.807, 2.05) is 34.3 Å². The number of hydrogen-bond acceptors (Lipinski definition) is 9. The third-order valence-corrected chi connectivity index (χ3v) is 6.88. The Morgan fingerprint density at radius 3 is 2.50 bits per heavy atom. The molecule has 0 bridgehead atoms. The predicted octanol–water partition coefficient (Wildman–Crippen LogP) is 3.98. The smallest absolute Gasteiger partial charge is 0.206 e. The first-order valence-electron chi connectivity index (χ1n) is 11.8. The second-order valence-corrected chi connectivity index (χ2v) is 9.08. The third kappa shape index (κ3) is 5.05. The number of hydrogen-bond donors (Lipinski definition) is 0. The first-order chi connectivity index (χ1) is 17.7. The molecule has 2 aromatic carbocycles. The van der Waals surface area contributed by atoms with Gasteiger partial charge in [-0.1, -0.05) is 0 Å². The molecule has 1 saturated heterocycles. The Balaban J connectivity index is 1.56. The van der Waals surface area contributed by atoms with E-state index in [4.69, 9.17) is 38.5 Å². The van der Waals surface area contributed by atoms with Gasteiger partial charge >= 0.3 is 0 Å². The number of ether oxygens (including phenoxy) is 6. The van der Waals surface area contributed by atoms with E-state index < -0.39 is 0 Å². The molecule has 0 radical (unpaired) electrons. The SMILES string of the molecule is COc1cc(OC)c(OC)cc1/C=N\n1c(-c2ccc3c(c2)OCCO3)csc1=NC[C@@H]1CCCO1. The van der Waals surface area contributed by atoms with Crippen molar-refractivity contribution in [2.45, 2.75) is 18.9 Å². The van der Waals surface area contributed by atoms with Gasteiger partial charge in [0.15, 0.2) is 23.0 Å². The van der Waals surface area contributed by atoms with Crippen molar-refractivity contribution in [1.29, 1.82) is 0 Å². The van der Waals surface area contributed by atoms with Crippen LogP contribution in [0.5, 0.6) is 28.7 Å². The van der Waals surface area contributed by atoms with Gasteiger partial charge < -0.3 is 28.4 Å². The lowest BCUT2D eigenvalue weighted by Gasteiger charge is -2.18. The molecule has 9 nitrogen and oxygen atoms in total. The monoisotopic (exact) mass is 511 g/mol. The van der Waals surface area contributed by atoms with Crippen LogP contribution in [0.3, 0.4) is 0 Å². The summed E-state index contributed by atoms with van der Waals surface area (Å²) in [6.45, 7) is 2.47. The molecule has 2 aliphatic heterocycles. The minimum absolute atomic E-state index is 0.146. The number of thiazole rings is 1. The molecule has 0 spiro atoms. The van der Waals surface area contributed by atoms with Gasteiger partial charge in [-0.3, -0.25) is 4.99 Å². The highest BCUT2D eigenvalue weighted by Crippen LogP contribution is 2.36. The summed E-state index contributed by atoms with van der Waals surface area (Å²) in [5.41, 5.74) is 2.58. The van der Waals surface area contributed by atoms with Gasteiger partial charge in [0.05, 0.1) is 45.9 Å². The van der Waals surface area contributed by atoms with Crippen LogP contribution < -0.4 is 28.5 Å². The zero-order valence-electron chi connectivity index (χ0n) is 20.6. The molecule has 1 aromatic heterocycles. The Kier molecular flexibility index (Phi) is 7.43. The fourth-order valence-electron chi connectivity index (χ4n) is 4.16. The number of benzene rings is 2. The van der Waals surface area contributed by atoms with Crippen molar-refractivity contribution in [1.82, 2.24) is 4.68 Å². The third-order valence-electron chi connectivity index (χ3n) is 6.03. The number of rotatable bonds is 8. The van der Waals surface area contributed by atoms with E-state index in [0.29, 0.717) is 37.0 Å². The molecule has 1 fully saturated rings. The van der Waals surface area contributed by atoms with Gasteiger partial charge in [0.1, 0.15) is 19.0 Å². The van der Waals surface area contributed by atoms with Gasteiger partial charge in [0, 0.05) is 29.2 Å². The summed E-state index contributed by atoms with van der Waals surface area (Å²) in [6.07, 6.45) is 3.98. The second-order valence-electron chi connectivity index (χ2n) is 8.24. The summed E-state index contributed by atoms with van der Waals surface area (Å²) < 4.78 is 35.5. The normalized spacial score (nSPS) is 17.5. The van der Waals surface area contributed by atoms with Crippen molar-refractivity contribution in [3.05, 3.63) is 46.1 Å². The summed E-state index contributed by atoms with van der Waals surface area (Å²) in [4.78, 5) is 5.62. The molecule has 36 heavy (non-hydrogen) atoms. The molecule has 0 saturated carbocycles. The number of methoxy groups -OCH3 is 3. The van der Waals surface area contributed by atoms with Crippen LogP contribution in [0.2, 0.25) is 0 Å². The average molecular weight is 512 g/mol. The highest BCUT2D eigenvalue weighted by molar-refractivity contribution is 7.07. The van der Waals surface area contributed by atoms with Gasteiger partial charge in [-0.05, 0) is 37.1 Å². The predicted molar refractivity (Wildman–Crippen MR) is 137 cm³/mol. The first kappa shape index (κ1) is 24.2. The largest absolute Gasteiger partial charge is 0.496 e. The summed E-state index contributed by atoms with van der Waals surface area (Å²) in [5, 5.41) is 6.87. The highest BCUT2D eigenvalue weighted by Gasteiger charge is 2.17. The molecule has 2 aliphatic rings. The molecular formula is C26H29N3O6S. The van der Waals surface area contributed by atoms with E-state index in [-0.39, 0.29) is 6.10 Å². The average Bonchev–Trinajstić information content (AvgIpc) is 3.59. The summed E-state index contributed by atoms with van der Waals surface area (Å²) in [6, 6.07) is 9.52. The Morgan fingerprint density at radius 1 is 0.972 bits per heavy atom. The van der Waals surface area contributed by atoms with Crippen LogP contribution in [0.1, 0.15) is 18.4 Å². The van der Waals surface area contributed by atoms with Gasteiger partial charge in [0.2, 0.25) is 4.80 Å². The zero-order chi connectivity index (χ0) is 24.9. The summed E-state index contributed by atoms with van der Waals surface area (Å²) in [7, 11) is 4.80. The van der Waals surface area contributed by atoms with Crippen molar-refractivity contribution in [3.8, 4) is 40.0 Å². The van der Waals surface area contributed by atoms with Gasteiger partial charge in [-0.15, -0.1) is 11.3 Å². The molecule has 5 rings (SSSR count). The van der Waals surface area contributed by atoms with Crippen molar-refractivity contribution in [2.75, 3.05) is 47.7 Å². The van der Waals surface area contributed by atoms with Crippen LogP contribution in [0.4, 0.5) is 0 Å². The standard InChI is InChI=1S/C26H29N3O6S/c1-30-22-13-24(32-3)23(31-2)12-18(22)14-28-29-20(16-36-26(29)27-15-19-5-4-8-33-19)17-6-7-21-25(11-17)35-10-9-34-21/h6-7,11-14,16,19H,4-5,8-10,15H2,1-3H3/b27-26?,28-14-/t19-/m0/s1. The topological polar surface area (TPSA) is 85.0 Å². The molecule has 0 N–H and O–H groups in total. The Morgan fingerprint density at radius 2 is 1.75 bits per heavy atom. The lowest BCUT2D eigenvalue weighted by Crippen LogP contribution is -2.17. The number of aromatic nitrogens is 1. The van der Waals surface area contributed by atoms with E-state index in [0.717, 1.165) is 52.6 Å². The highest BCUT2D eigenvalue weighted by atomic mass is 32.1. The molecule has 3 aromatic rings. The minimum Gasteiger partial charge on any atom is -0.496 e. The van der Waals surface area contributed by atoms with Crippen molar-refractivity contribution in [3.63, 3.8) is 0 Å². The molecule has 3 heterocycles. The van der Waals surface area contributed by atoms with Gasteiger partial charge in [0.25, 0.3) is 0 Å². The van der Waals surface area contributed by atoms with Gasteiger partial charge in [-0.25, -0.2) is 4.68 Å². The van der Waals surface area contributed by atoms with Crippen molar-refractivity contribution in [2.24, 2.45) is 10.1 Å². The van der Waals surface area contributed by atoms with Crippen LogP contribution in [0.15, 0.2) is 45.8 Å². The van der Waals surface area contributed by atoms with Crippen LogP contribution in [0.25, 0.3) is 11.3 Å². The second kappa shape index (κ2) is 11.0. The fraction of sp³-hybridized carbons (Fsp3) is 0.385. The molecule has 0 amide bonds. The maximum Gasteiger partial charge on any atom is 0.206 e. The number of nitrogens with zero attached hydrogens (tertiary/aromatic N) is 3. The maximum absolute atomic E-state index is 5.80. The van der Waals surface area contributed by atoms with Crippen molar-refractivity contribution >= 4 is 17.6 Å². The maximum atomic E-state index is 5.80. The fourth-order valence-corrected chi connectivity index (χ4v) is 5.01. The molecule has 0 unspecified atom stereocenters. The quantitative estimate of drug-likeness (QED) is 0.426. The molecular weight excluding hydrogens is 482 g/mol.